The first-order valence-corrected chi connectivity index (χ1v) is 10.3. The minimum Gasteiger partial charge on any atom is -0.496 e. The van der Waals surface area contributed by atoms with E-state index in [1.165, 1.54) is 0 Å². The molecular formula is C25H18BrN3O2. The Morgan fingerprint density at radius 3 is 2.23 bits per heavy atom. The number of nitrogens with two attached hydrogens (primary N) is 1. The van der Waals surface area contributed by atoms with Crippen molar-refractivity contribution in [2.24, 2.45) is 0 Å². The smallest absolute Gasteiger partial charge is 0.142 e. The molecule has 1 aromatic heterocycles. The highest BCUT2D eigenvalue weighted by Gasteiger charge is 2.15. The highest BCUT2D eigenvalue weighted by Crippen LogP contribution is 2.35. The van der Waals surface area contributed by atoms with Crippen molar-refractivity contribution in [3.8, 4) is 45.7 Å². The summed E-state index contributed by atoms with van der Waals surface area (Å²) in [6.07, 6.45) is 0. The van der Waals surface area contributed by atoms with Crippen molar-refractivity contribution in [1.29, 1.82) is 5.26 Å². The van der Waals surface area contributed by atoms with Crippen LogP contribution in [-0.4, -0.2) is 12.1 Å². The third kappa shape index (κ3) is 4.37. The molecule has 1 heterocycles. The Bertz CT molecular complexity index is 1270. The van der Waals surface area contributed by atoms with Crippen LogP contribution in [0.5, 0.6) is 17.2 Å². The average molecular weight is 472 g/mol. The second-order valence-corrected chi connectivity index (χ2v) is 7.57. The summed E-state index contributed by atoms with van der Waals surface area (Å²) in [6, 6.07) is 26.8. The average Bonchev–Trinajstić information content (AvgIpc) is 2.79. The topological polar surface area (TPSA) is 81.2 Å². The third-order valence-electron chi connectivity index (χ3n) is 4.75. The molecule has 0 unspecified atom stereocenters. The zero-order valence-electron chi connectivity index (χ0n) is 16.7. The van der Waals surface area contributed by atoms with Gasteiger partial charge in [-0.2, -0.15) is 5.26 Å². The maximum atomic E-state index is 9.65. The molecule has 3 aromatic carbocycles. The number of ether oxygens (including phenoxy) is 2. The predicted octanol–water partition coefficient (Wildman–Crippen LogP) is 6.43. The number of pyridine rings is 1. The molecule has 0 amide bonds. The van der Waals surface area contributed by atoms with Gasteiger partial charge in [0.15, 0.2) is 0 Å². The summed E-state index contributed by atoms with van der Waals surface area (Å²) in [4.78, 5) is 4.45. The van der Waals surface area contributed by atoms with Crippen molar-refractivity contribution in [2.75, 3.05) is 12.8 Å². The Morgan fingerprint density at radius 2 is 1.58 bits per heavy atom. The van der Waals surface area contributed by atoms with E-state index in [9.17, 15) is 5.26 Å². The summed E-state index contributed by atoms with van der Waals surface area (Å²) in [7, 11) is 1.61. The molecule has 0 aliphatic carbocycles. The lowest BCUT2D eigenvalue weighted by Gasteiger charge is -2.12. The maximum absolute atomic E-state index is 9.65. The molecule has 31 heavy (non-hydrogen) atoms. The largest absolute Gasteiger partial charge is 0.496 e. The number of nitrogen functional groups attached to an aromatic ring is 1. The van der Waals surface area contributed by atoms with Crippen LogP contribution in [0.15, 0.2) is 83.3 Å². The first-order chi connectivity index (χ1) is 15.1. The lowest BCUT2D eigenvalue weighted by molar-refractivity contribution is 0.412. The van der Waals surface area contributed by atoms with E-state index in [1.54, 1.807) is 7.11 Å². The van der Waals surface area contributed by atoms with Gasteiger partial charge in [-0.05, 0) is 76.1 Å². The van der Waals surface area contributed by atoms with Crippen LogP contribution < -0.4 is 15.2 Å². The molecule has 6 heteroatoms. The Kier molecular flexibility index (Phi) is 5.87. The molecule has 0 saturated carbocycles. The molecule has 0 aliphatic rings. The van der Waals surface area contributed by atoms with Gasteiger partial charge in [-0.15, -0.1) is 0 Å². The van der Waals surface area contributed by atoms with Crippen LogP contribution in [-0.2, 0) is 0 Å². The minimum atomic E-state index is 0.187. The molecule has 0 spiro atoms. The monoisotopic (exact) mass is 471 g/mol. The first kappa shape index (κ1) is 20.5. The molecule has 0 bridgehead atoms. The molecule has 2 N–H and O–H groups in total. The number of halogens is 1. The van der Waals surface area contributed by atoms with E-state index >= 15 is 0 Å². The van der Waals surface area contributed by atoms with Gasteiger partial charge in [-0.1, -0.05) is 24.3 Å². The maximum Gasteiger partial charge on any atom is 0.142 e. The number of aromatic nitrogens is 1. The molecular weight excluding hydrogens is 454 g/mol. The van der Waals surface area contributed by atoms with E-state index in [4.69, 9.17) is 15.2 Å². The van der Waals surface area contributed by atoms with E-state index in [-0.39, 0.29) is 5.82 Å². The van der Waals surface area contributed by atoms with Gasteiger partial charge in [0, 0.05) is 11.1 Å². The van der Waals surface area contributed by atoms with E-state index in [0.717, 1.165) is 27.1 Å². The molecule has 0 radical (unpaired) electrons. The number of nitriles is 1. The molecule has 0 atom stereocenters. The van der Waals surface area contributed by atoms with Gasteiger partial charge >= 0.3 is 0 Å². The summed E-state index contributed by atoms with van der Waals surface area (Å²) >= 11 is 3.50. The molecule has 4 rings (SSSR count). The second-order valence-electron chi connectivity index (χ2n) is 6.72. The zero-order chi connectivity index (χ0) is 21.8. The Labute approximate surface area is 188 Å². The van der Waals surface area contributed by atoms with Crippen molar-refractivity contribution in [3.05, 3.63) is 88.9 Å². The quantitative estimate of drug-likeness (QED) is 0.362. The summed E-state index contributed by atoms with van der Waals surface area (Å²) in [5.41, 5.74) is 9.56. The SMILES string of the molecule is COc1ccc(-c2cc(-c3ccc(Oc4ccccc4)cc3)nc(N)c2C#N)cc1Br. The number of anilines is 1. The van der Waals surface area contributed by atoms with Crippen molar-refractivity contribution in [1.82, 2.24) is 4.98 Å². The molecule has 0 fully saturated rings. The molecule has 0 saturated heterocycles. The Hall–Kier alpha value is -3.82. The van der Waals surface area contributed by atoms with Gasteiger partial charge in [0.25, 0.3) is 0 Å². The van der Waals surface area contributed by atoms with Crippen LogP contribution in [0.1, 0.15) is 5.56 Å². The molecule has 5 nitrogen and oxygen atoms in total. The Balaban J connectivity index is 1.71. The van der Waals surface area contributed by atoms with Gasteiger partial charge in [-0.3, -0.25) is 0 Å². The number of nitrogens with zero attached hydrogens (tertiary/aromatic N) is 2. The zero-order valence-corrected chi connectivity index (χ0v) is 18.3. The molecule has 4 aromatic rings. The van der Waals surface area contributed by atoms with Crippen LogP contribution in [0.2, 0.25) is 0 Å². The van der Waals surface area contributed by atoms with Gasteiger partial charge in [0.1, 0.15) is 34.7 Å². The number of benzene rings is 3. The Morgan fingerprint density at radius 1 is 0.903 bits per heavy atom. The van der Waals surface area contributed by atoms with Crippen molar-refractivity contribution in [2.45, 2.75) is 0 Å². The van der Waals surface area contributed by atoms with Crippen molar-refractivity contribution < 1.29 is 9.47 Å². The number of methoxy groups -OCH3 is 1. The highest BCUT2D eigenvalue weighted by atomic mass is 79.9. The molecule has 152 valence electrons. The van der Waals surface area contributed by atoms with Gasteiger partial charge < -0.3 is 15.2 Å². The fraction of sp³-hybridized carbons (Fsp3) is 0.0400. The van der Waals surface area contributed by atoms with Crippen LogP contribution in [0, 0.1) is 11.3 Å². The predicted molar refractivity (Wildman–Crippen MR) is 125 cm³/mol. The third-order valence-corrected chi connectivity index (χ3v) is 5.37. The summed E-state index contributed by atoms with van der Waals surface area (Å²) in [5.74, 6) is 2.38. The van der Waals surface area contributed by atoms with Gasteiger partial charge in [0.05, 0.1) is 17.3 Å². The van der Waals surface area contributed by atoms with Crippen LogP contribution in [0.4, 0.5) is 5.82 Å². The second kappa shape index (κ2) is 8.90. The van der Waals surface area contributed by atoms with Gasteiger partial charge in [0.2, 0.25) is 0 Å². The number of hydrogen-bond donors (Lipinski definition) is 1. The van der Waals surface area contributed by atoms with E-state index < -0.39 is 0 Å². The summed E-state index contributed by atoms with van der Waals surface area (Å²) < 4.78 is 11.9. The minimum absolute atomic E-state index is 0.187. The fourth-order valence-corrected chi connectivity index (χ4v) is 3.75. The summed E-state index contributed by atoms with van der Waals surface area (Å²) in [5, 5.41) is 9.65. The van der Waals surface area contributed by atoms with Gasteiger partial charge in [-0.25, -0.2) is 4.98 Å². The van der Waals surface area contributed by atoms with E-state index in [2.05, 4.69) is 27.0 Å². The summed E-state index contributed by atoms with van der Waals surface area (Å²) in [6.45, 7) is 0. The molecule has 0 aliphatic heterocycles. The highest BCUT2D eigenvalue weighted by molar-refractivity contribution is 9.10. The first-order valence-electron chi connectivity index (χ1n) is 9.47. The van der Waals surface area contributed by atoms with Crippen molar-refractivity contribution >= 4 is 21.7 Å². The number of hydrogen-bond acceptors (Lipinski definition) is 5. The normalized spacial score (nSPS) is 10.4. The standard InChI is InChI=1S/C25H18BrN3O2/c1-30-24-12-9-17(13-22(24)26)20-14-23(29-25(28)21(20)15-27)16-7-10-19(11-8-16)31-18-5-3-2-4-6-18/h2-14H,1H3,(H2,28,29). The van der Waals surface area contributed by atoms with E-state index in [0.29, 0.717) is 22.6 Å². The van der Waals surface area contributed by atoms with Crippen LogP contribution >= 0.6 is 15.9 Å². The lowest BCUT2D eigenvalue weighted by atomic mass is 9.98. The van der Waals surface area contributed by atoms with Crippen LogP contribution in [0.3, 0.4) is 0 Å². The number of rotatable bonds is 5. The fourth-order valence-electron chi connectivity index (χ4n) is 3.21. The number of para-hydroxylation sites is 1. The van der Waals surface area contributed by atoms with Crippen LogP contribution in [0.25, 0.3) is 22.4 Å². The lowest BCUT2D eigenvalue weighted by Crippen LogP contribution is -2.00. The van der Waals surface area contributed by atoms with E-state index in [1.807, 2.05) is 78.9 Å². The van der Waals surface area contributed by atoms with Crippen molar-refractivity contribution in [3.63, 3.8) is 0 Å².